The third kappa shape index (κ3) is 5.63. The fourth-order valence-electron chi connectivity index (χ4n) is 2.24. The number of halogens is 3. The summed E-state index contributed by atoms with van der Waals surface area (Å²) in [7, 11) is 0. The largest absolute Gasteiger partial charge is 0.462 e. The fourth-order valence-corrected chi connectivity index (χ4v) is 2.58. The average molecular weight is 418 g/mol. The van der Waals surface area contributed by atoms with E-state index in [1.165, 1.54) is 6.20 Å². The predicted molar refractivity (Wildman–Crippen MR) is 95.2 cm³/mol. The number of ether oxygens (including phenoxy) is 1. The fraction of sp³-hybridized carbons (Fsp3) is 0.444. The molecule has 1 rings (SSSR count). The van der Waals surface area contributed by atoms with Gasteiger partial charge >= 0.3 is 5.97 Å². The molecule has 0 aliphatic rings. The van der Waals surface area contributed by atoms with Crippen LogP contribution in [0.4, 0.5) is 8.78 Å². The van der Waals surface area contributed by atoms with Gasteiger partial charge in [-0.15, -0.1) is 0 Å². The second kappa shape index (κ2) is 9.65. The van der Waals surface area contributed by atoms with Gasteiger partial charge in [0.2, 0.25) is 5.78 Å². The summed E-state index contributed by atoms with van der Waals surface area (Å²) in [6.45, 7) is 7.63. The zero-order valence-electron chi connectivity index (χ0n) is 14.7. The van der Waals surface area contributed by atoms with Crippen LogP contribution in [0.25, 0.3) is 0 Å². The lowest BCUT2D eigenvalue weighted by Crippen LogP contribution is -2.31. The Bertz CT molecular complexity index is 675. The van der Waals surface area contributed by atoms with Crippen molar-refractivity contribution in [2.45, 2.75) is 40.2 Å². The molecule has 0 amide bonds. The molecule has 25 heavy (non-hydrogen) atoms. The van der Waals surface area contributed by atoms with E-state index in [9.17, 15) is 18.4 Å². The number of esters is 1. The number of carbonyl (C=O) groups is 2. The van der Waals surface area contributed by atoms with E-state index in [4.69, 9.17) is 4.74 Å². The van der Waals surface area contributed by atoms with Crippen LogP contribution < -0.4 is 5.32 Å². The van der Waals surface area contributed by atoms with Crippen LogP contribution in [-0.2, 0) is 9.53 Å². The maximum absolute atomic E-state index is 14.0. The Labute approximate surface area is 154 Å². The normalized spacial score (nSPS) is 12.9. The lowest BCUT2D eigenvalue weighted by atomic mass is 10.0. The first-order valence-corrected chi connectivity index (χ1v) is 8.84. The van der Waals surface area contributed by atoms with Crippen LogP contribution in [0.1, 0.15) is 44.5 Å². The maximum Gasteiger partial charge on any atom is 0.343 e. The van der Waals surface area contributed by atoms with Crippen molar-refractivity contribution >= 4 is 27.7 Å². The highest BCUT2D eigenvalue weighted by Crippen LogP contribution is 2.22. The van der Waals surface area contributed by atoms with Gasteiger partial charge in [0.05, 0.1) is 16.6 Å². The summed E-state index contributed by atoms with van der Waals surface area (Å²) >= 11 is 2.91. The molecule has 0 aliphatic carbocycles. The van der Waals surface area contributed by atoms with E-state index >= 15 is 0 Å². The molecular weight excluding hydrogens is 396 g/mol. The lowest BCUT2D eigenvalue weighted by Gasteiger charge is -2.20. The molecule has 1 aromatic rings. The van der Waals surface area contributed by atoms with Crippen molar-refractivity contribution in [3.8, 4) is 0 Å². The SMILES string of the molecule is CCOC(=O)/C(=C\N[C@H](CC)C(C)C)C(=O)c1cc(Br)c(F)cc1F. The van der Waals surface area contributed by atoms with Gasteiger partial charge in [0.15, 0.2) is 0 Å². The molecule has 0 bridgehead atoms. The van der Waals surface area contributed by atoms with E-state index in [0.717, 1.165) is 12.5 Å². The van der Waals surface area contributed by atoms with Crippen LogP contribution in [0.5, 0.6) is 0 Å². The monoisotopic (exact) mass is 417 g/mol. The minimum atomic E-state index is -1.04. The Kier molecular flexibility index (Phi) is 8.22. The van der Waals surface area contributed by atoms with Crippen LogP contribution in [0.3, 0.4) is 0 Å². The highest BCUT2D eigenvalue weighted by Gasteiger charge is 2.25. The van der Waals surface area contributed by atoms with Crippen LogP contribution >= 0.6 is 15.9 Å². The molecule has 0 radical (unpaired) electrons. The highest BCUT2D eigenvalue weighted by molar-refractivity contribution is 9.10. The molecule has 1 atom stereocenters. The molecule has 0 unspecified atom stereocenters. The lowest BCUT2D eigenvalue weighted by molar-refractivity contribution is -0.138. The molecule has 1 N–H and O–H groups in total. The van der Waals surface area contributed by atoms with Crippen LogP contribution in [0, 0.1) is 17.6 Å². The van der Waals surface area contributed by atoms with Gasteiger partial charge in [-0.3, -0.25) is 4.79 Å². The quantitative estimate of drug-likeness (QED) is 0.170. The number of carbonyl (C=O) groups excluding carboxylic acids is 2. The van der Waals surface area contributed by atoms with Crippen LogP contribution in [0.2, 0.25) is 0 Å². The van der Waals surface area contributed by atoms with Crippen molar-refractivity contribution in [1.82, 2.24) is 5.32 Å². The Morgan fingerprint density at radius 2 is 1.88 bits per heavy atom. The summed E-state index contributed by atoms with van der Waals surface area (Å²) in [4.78, 5) is 24.8. The summed E-state index contributed by atoms with van der Waals surface area (Å²) in [5, 5.41) is 3.01. The van der Waals surface area contributed by atoms with Crippen molar-refractivity contribution in [3.63, 3.8) is 0 Å². The summed E-state index contributed by atoms with van der Waals surface area (Å²) in [6.07, 6.45) is 2.03. The van der Waals surface area contributed by atoms with Gasteiger partial charge in [0.1, 0.15) is 17.2 Å². The predicted octanol–water partition coefficient (Wildman–Crippen LogP) is 4.38. The zero-order valence-corrected chi connectivity index (χ0v) is 16.2. The Balaban J connectivity index is 3.26. The molecule has 0 fully saturated rings. The average Bonchev–Trinajstić information content (AvgIpc) is 2.54. The van der Waals surface area contributed by atoms with Gasteiger partial charge in [-0.1, -0.05) is 20.8 Å². The third-order valence-corrected chi connectivity index (χ3v) is 4.29. The molecule has 0 spiro atoms. The molecule has 0 heterocycles. The topological polar surface area (TPSA) is 55.4 Å². The van der Waals surface area contributed by atoms with E-state index in [0.29, 0.717) is 6.07 Å². The number of ketones is 1. The van der Waals surface area contributed by atoms with E-state index in [1.807, 2.05) is 20.8 Å². The summed E-state index contributed by atoms with van der Waals surface area (Å²) in [6, 6.07) is 1.64. The number of benzene rings is 1. The van der Waals surface area contributed by atoms with Gasteiger partial charge in [0, 0.05) is 18.3 Å². The molecule has 138 valence electrons. The van der Waals surface area contributed by atoms with Gasteiger partial charge in [-0.2, -0.15) is 0 Å². The van der Waals surface area contributed by atoms with Crippen molar-refractivity contribution in [2.24, 2.45) is 5.92 Å². The zero-order chi connectivity index (χ0) is 19.1. The molecule has 0 aliphatic heterocycles. The van der Waals surface area contributed by atoms with Gasteiger partial charge in [-0.25, -0.2) is 13.6 Å². The van der Waals surface area contributed by atoms with Gasteiger partial charge in [-0.05, 0) is 41.3 Å². The molecule has 1 aromatic carbocycles. The molecule has 0 aromatic heterocycles. The number of hydrogen-bond donors (Lipinski definition) is 1. The van der Waals surface area contributed by atoms with E-state index in [2.05, 4.69) is 21.2 Å². The van der Waals surface area contributed by atoms with Gasteiger partial charge in [0.25, 0.3) is 0 Å². The maximum atomic E-state index is 14.0. The van der Waals surface area contributed by atoms with Gasteiger partial charge < -0.3 is 10.1 Å². The van der Waals surface area contributed by atoms with Crippen LogP contribution in [0.15, 0.2) is 28.4 Å². The first-order chi connectivity index (χ1) is 11.7. The first-order valence-electron chi connectivity index (χ1n) is 8.05. The van der Waals surface area contributed by atoms with E-state index < -0.39 is 29.0 Å². The number of nitrogens with one attached hydrogen (secondary N) is 1. The Morgan fingerprint density at radius 1 is 1.24 bits per heavy atom. The summed E-state index contributed by atoms with van der Waals surface area (Å²) in [5.74, 6) is -3.35. The molecular formula is C18H22BrF2NO3. The number of Topliss-reactive ketones (excluding diaryl/α,β-unsaturated/α-hetero) is 1. The number of rotatable bonds is 8. The highest BCUT2D eigenvalue weighted by atomic mass is 79.9. The number of hydrogen-bond acceptors (Lipinski definition) is 4. The van der Waals surface area contributed by atoms with Crippen molar-refractivity contribution in [2.75, 3.05) is 6.61 Å². The second-order valence-corrected chi connectivity index (χ2v) is 6.63. The summed E-state index contributed by atoms with van der Waals surface area (Å²) in [5.41, 5.74) is -0.745. The third-order valence-electron chi connectivity index (χ3n) is 3.68. The smallest absolute Gasteiger partial charge is 0.343 e. The molecule has 4 nitrogen and oxygen atoms in total. The molecule has 7 heteroatoms. The molecule has 0 saturated heterocycles. The summed E-state index contributed by atoms with van der Waals surface area (Å²) < 4.78 is 32.2. The first kappa shape index (κ1) is 21.3. The van der Waals surface area contributed by atoms with Crippen molar-refractivity contribution in [1.29, 1.82) is 0 Å². The Morgan fingerprint density at radius 3 is 2.40 bits per heavy atom. The van der Waals surface area contributed by atoms with Crippen LogP contribution in [-0.4, -0.2) is 24.4 Å². The van der Waals surface area contributed by atoms with Crippen molar-refractivity contribution < 1.29 is 23.1 Å². The Hall–Kier alpha value is -1.76. The minimum Gasteiger partial charge on any atom is -0.462 e. The van der Waals surface area contributed by atoms with Crippen molar-refractivity contribution in [3.05, 3.63) is 45.6 Å². The molecule has 0 saturated carbocycles. The van der Waals surface area contributed by atoms with E-state index in [-0.39, 0.29) is 28.6 Å². The minimum absolute atomic E-state index is 0.0297. The standard InChI is InChI=1S/C18H22BrF2NO3/c1-5-16(10(3)4)22-9-12(18(24)25-6-2)17(23)11-7-13(19)15(21)8-14(11)20/h7-10,16,22H,5-6H2,1-4H3/b12-9-/t16-/m1/s1. The van der Waals surface area contributed by atoms with E-state index in [1.54, 1.807) is 6.92 Å². The second-order valence-electron chi connectivity index (χ2n) is 5.78.